The molecule has 0 aromatic carbocycles. The summed E-state index contributed by atoms with van der Waals surface area (Å²) < 4.78 is 4.90. The molecule has 0 bridgehead atoms. The van der Waals surface area contributed by atoms with E-state index >= 15 is 0 Å². The first-order valence-corrected chi connectivity index (χ1v) is 6.34. The molecule has 0 aliphatic carbocycles. The molecule has 0 saturated carbocycles. The van der Waals surface area contributed by atoms with Crippen molar-refractivity contribution in [2.75, 3.05) is 44.7 Å². The molecule has 20 heavy (non-hydrogen) atoms. The number of carbonyl (C=O) groups is 2. The summed E-state index contributed by atoms with van der Waals surface area (Å²) in [5, 5.41) is 2.39. The van der Waals surface area contributed by atoms with Crippen molar-refractivity contribution >= 4 is 17.8 Å². The molecule has 2 rings (SSSR count). The summed E-state index contributed by atoms with van der Waals surface area (Å²) in [6.45, 7) is 2.13. The lowest BCUT2D eigenvalue weighted by atomic mass is 10.3. The SMILES string of the molecule is CNC(=O)COC(=O)N1CCN(c2cnccn2)CC1. The maximum absolute atomic E-state index is 11.7. The minimum absolute atomic E-state index is 0.250. The monoisotopic (exact) mass is 279 g/mol. The topological polar surface area (TPSA) is 87.7 Å². The highest BCUT2D eigenvalue weighted by molar-refractivity contribution is 5.79. The minimum atomic E-state index is -0.465. The van der Waals surface area contributed by atoms with Gasteiger partial charge in [0, 0.05) is 45.6 Å². The van der Waals surface area contributed by atoms with Crippen LogP contribution in [0.3, 0.4) is 0 Å². The molecule has 0 atom stereocenters. The van der Waals surface area contributed by atoms with Crippen molar-refractivity contribution in [2.24, 2.45) is 0 Å². The van der Waals surface area contributed by atoms with Crippen LogP contribution in [0, 0.1) is 0 Å². The molecule has 8 nitrogen and oxygen atoms in total. The number of amides is 2. The fraction of sp³-hybridized carbons (Fsp3) is 0.500. The second-order valence-electron chi connectivity index (χ2n) is 4.27. The number of piperazine rings is 1. The summed E-state index contributed by atoms with van der Waals surface area (Å²) in [6.07, 6.45) is 4.49. The highest BCUT2D eigenvalue weighted by atomic mass is 16.6. The normalized spacial score (nSPS) is 14.8. The van der Waals surface area contributed by atoms with Crippen molar-refractivity contribution in [2.45, 2.75) is 0 Å². The Hall–Kier alpha value is -2.38. The van der Waals surface area contributed by atoms with E-state index in [2.05, 4.69) is 20.2 Å². The lowest BCUT2D eigenvalue weighted by Crippen LogP contribution is -2.49. The fourth-order valence-electron chi connectivity index (χ4n) is 1.86. The van der Waals surface area contributed by atoms with E-state index in [0.717, 1.165) is 5.82 Å². The van der Waals surface area contributed by atoms with Crippen molar-refractivity contribution in [3.05, 3.63) is 18.6 Å². The van der Waals surface area contributed by atoms with E-state index in [1.165, 1.54) is 7.05 Å². The zero-order chi connectivity index (χ0) is 14.4. The quantitative estimate of drug-likeness (QED) is 0.801. The number of carbonyl (C=O) groups excluding carboxylic acids is 2. The number of aromatic nitrogens is 2. The van der Waals surface area contributed by atoms with Crippen LogP contribution >= 0.6 is 0 Å². The van der Waals surface area contributed by atoms with Crippen molar-refractivity contribution in [1.29, 1.82) is 0 Å². The number of rotatable bonds is 3. The van der Waals surface area contributed by atoms with Gasteiger partial charge in [-0.15, -0.1) is 0 Å². The van der Waals surface area contributed by atoms with Crippen molar-refractivity contribution in [3.8, 4) is 0 Å². The second kappa shape index (κ2) is 6.69. The maximum atomic E-state index is 11.7. The summed E-state index contributed by atoms with van der Waals surface area (Å²) in [5.74, 6) is 0.474. The van der Waals surface area contributed by atoms with Gasteiger partial charge in [-0.1, -0.05) is 0 Å². The van der Waals surface area contributed by atoms with E-state index < -0.39 is 6.09 Å². The first-order valence-electron chi connectivity index (χ1n) is 6.34. The van der Waals surface area contributed by atoms with E-state index in [1.807, 2.05) is 0 Å². The number of hydrogen-bond donors (Lipinski definition) is 1. The third kappa shape index (κ3) is 3.56. The van der Waals surface area contributed by atoms with Crippen molar-refractivity contribution < 1.29 is 14.3 Å². The Morgan fingerprint density at radius 2 is 2.05 bits per heavy atom. The van der Waals surface area contributed by atoms with E-state index in [0.29, 0.717) is 26.2 Å². The zero-order valence-electron chi connectivity index (χ0n) is 11.3. The maximum Gasteiger partial charge on any atom is 0.410 e. The number of likely N-dealkylation sites (N-methyl/N-ethyl adjacent to an activating group) is 1. The predicted octanol–water partition coefficient (Wildman–Crippen LogP) is -0.519. The lowest BCUT2D eigenvalue weighted by molar-refractivity contribution is -0.123. The molecule has 1 saturated heterocycles. The molecule has 0 unspecified atom stereocenters. The molecule has 0 spiro atoms. The van der Waals surface area contributed by atoms with E-state index in [1.54, 1.807) is 23.5 Å². The van der Waals surface area contributed by atoms with Crippen LogP contribution < -0.4 is 10.2 Å². The summed E-state index contributed by atoms with van der Waals surface area (Å²) in [5.41, 5.74) is 0. The Labute approximate surface area is 116 Å². The summed E-state index contributed by atoms with van der Waals surface area (Å²) in [6, 6.07) is 0. The molecule has 1 fully saturated rings. The average Bonchev–Trinajstić information content (AvgIpc) is 2.53. The number of nitrogens with one attached hydrogen (secondary N) is 1. The van der Waals surface area contributed by atoms with E-state index in [4.69, 9.17) is 4.74 Å². The molecule has 2 heterocycles. The van der Waals surface area contributed by atoms with Crippen molar-refractivity contribution in [1.82, 2.24) is 20.2 Å². The summed E-state index contributed by atoms with van der Waals surface area (Å²) in [7, 11) is 1.50. The number of nitrogens with zero attached hydrogens (tertiary/aromatic N) is 4. The Kier molecular flexibility index (Phi) is 4.70. The predicted molar refractivity (Wildman–Crippen MR) is 71.2 cm³/mol. The summed E-state index contributed by atoms with van der Waals surface area (Å²) in [4.78, 5) is 34.6. The largest absolute Gasteiger partial charge is 0.439 e. The first kappa shape index (κ1) is 14.0. The Morgan fingerprint density at radius 3 is 2.65 bits per heavy atom. The molecule has 1 aromatic rings. The molecular weight excluding hydrogens is 262 g/mol. The molecule has 108 valence electrons. The van der Waals surface area contributed by atoms with E-state index in [9.17, 15) is 9.59 Å². The number of hydrogen-bond acceptors (Lipinski definition) is 6. The fourth-order valence-corrected chi connectivity index (χ4v) is 1.86. The minimum Gasteiger partial charge on any atom is -0.439 e. The molecule has 1 aliphatic rings. The van der Waals surface area contributed by atoms with Gasteiger partial charge >= 0.3 is 6.09 Å². The van der Waals surface area contributed by atoms with Gasteiger partial charge < -0.3 is 19.9 Å². The van der Waals surface area contributed by atoms with Gasteiger partial charge in [-0.05, 0) is 0 Å². The second-order valence-corrected chi connectivity index (χ2v) is 4.27. The van der Waals surface area contributed by atoms with Crippen LogP contribution in [0.25, 0.3) is 0 Å². The van der Waals surface area contributed by atoms with Crippen LogP contribution in [0.2, 0.25) is 0 Å². The Bertz CT molecular complexity index is 459. The van der Waals surface area contributed by atoms with Gasteiger partial charge in [0.1, 0.15) is 5.82 Å². The first-order chi connectivity index (χ1) is 9.70. The van der Waals surface area contributed by atoms with Gasteiger partial charge in [0.2, 0.25) is 0 Å². The standard InChI is InChI=1S/C12H17N5O3/c1-13-11(18)9-20-12(19)17-6-4-16(5-7-17)10-8-14-2-3-15-10/h2-3,8H,4-7,9H2,1H3,(H,13,18). The van der Waals surface area contributed by atoms with Gasteiger partial charge in [-0.25, -0.2) is 9.78 Å². The zero-order valence-corrected chi connectivity index (χ0v) is 11.3. The molecule has 1 aromatic heterocycles. The van der Waals surface area contributed by atoms with Crippen LogP contribution in [0.4, 0.5) is 10.6 Å². The third-order valence-corrected chi connectivity index (χ3v) is 3.02. The van der Waals surface area contributed by atoms with E-state index in [-0.39, 0.29) is 12.5 Å². The molecular formula is C12H17N5O3. The van der Waals surface area contributed by atoms with Crippen LogP contribution in [0.5, 0.6) is 0 Å². The number of anilines is 1. The highest BCUT2D eigenvalue weighted by Crippen LogP contribution is 2.11. The van der Waals surface area contributed by atoms with Crippen LogP contribution in [-0.2, 0) is 9.53 Å². The smallest absolute Gasteiger partial charge is 0.410 e. The third-order valence-electron chi connectivity index (χ3n) is 3.02. The molecule has 0 radical (unpaired) electrons. The molecule has 2 amide bonds. The molecule has 8 heteroatoms. The van der Waals surface area contributed by atoms with Crippen LogP contribution in [0.1, 0.15) is 0 Å². The molecule has 1 aliphatic heterocycles. The van der Waals surface area contributed by atoms with Crippen LogP contribution in [-0.4, -0.2) is 66.7 Å². The molecule has 1 N–H and O–H groups in total. The van der Waals surface area contributed by atoms with Crippen LogP contribution in [0.15, 0.2) is 18.6 Å². The number of ether oxygens (including phenoxy) is 1. The van der Waals surface area contributed by atoms with Gasteiger partial charge in [-0.2, -0.15) is 0 Å². The Balaban J connectivity index is 1.79. The van der Waals surface area contributed by atoms with Gasteiger partial charge in [0.25, 0.3) is 5.91 Å². The van der Waals surface area contributed by atoms with Gasteiger partial charge in [-0.3, -0.25) is 9.78 Å². The summed E-state index contributed by atoms with van der Waals surface area (Å²) >= 11 is 0. The highest BCUT2D eigenvalue weighted by Gasteiger charge is 2.23. The average molecular weight is 279 g/mol. The Morgan fingerprint density at radius 1 is 1.30 bits per heavy atom. The lowest BCUT2D eigenvalue weighted by Gasteiger charge is -2.34. The van der Waals surface area contributed by atoms with Gasteiger partial charge in [0.05, 0.1) is 6.20 Å². The van der Waals surface area contributed by atoms with Crippen molar-refractivity contribution in [3.63, 3.8) is 0 Å². The van der Waals surface area contributed by atoms with Gasteiger partial charge in [0.15, 0.2) is 6.61 Å².